The molecule has 0 bridgehead atoms. The van der Waals surface area contributed by atoms with Crippen molar-refractivity contribution in [3.05, 3.63) is 0 Å². The molecule has 0 spiro atoms. The van der Waals surface area contributed by atoms with Crippen molar-refractivity contribution in [3.8, 4) is 0 Å². The second-order valence-electron chi connectivity index (χ2n) is 4.40. The molecule has 0 amide bonds. The predicted molar refractivity (Wildman–Crippen MR) is 52.5 cm³/mol. The predicted octanol–water partition coefficient (Wildman–Crippen LogP) is 0.508. The molecule has 2 atom stereocenters. The Hall–Kier alpha value is -0.120. The van der Waals surface area contributed by atoms with Crippen LogP contribution in [0.5, 0.6) is 0 Å². The molecule has 1 aliphatic rings. The van der Waals surface area contributed by atoms with Crippen LogP contribution >= 0.6 is 0 Å². The van der Waals surface area contributed by atoms with Gasteiger partial charge in [0.05, 0.1) is 11.7 Å². The van der Waals surface area contributed by atoms with Crippen molar-refractivity contribution >= 4 is 0 Å². The standard InChI is InChI=1S/C10H21NO2/c1-10(13,8-4-3-5-8)6-9(12)7-11-2/h8-9,11-13H,3-7H2,1-2H3/t9-,10-/m1/s1. The van der Waals surface area contributed by atoms with Crippen LogP contribution in [0.3, 0.4) is 0 Å². The summed E-state index contributed by atoms with van der Waals surface area (Å²) in [5.74, 6) is 0.402. The number of aliphatic hydroxyl groups is 2. The van der Waals surface area contributed by atoms with Gasteiger partial charge in [-0.2, -0.15) is 0 Å². The lowest BCUT2D eigenvalue weighted by Crippen LogP contribution is -2.43. The molecule has 1 saturated carbocycles. The summed E-state index contributed by atoms with van der Waals surface area (Å²) < 4.78 is 0. The molecule has 0 radical (unpaired) electrons. The van der Waals surface area contributed by atoms with E-state index in [0.717, 1.165) is 12.8 Å². The highest BCUT2D eigenvalue weighted by Crippen LogP contribution is 2.38. The summed E-state index contributed by atoms with van der Waals surface area (Å²) >= 11 is 0. The summed E-state index contributed by atoms with van der Waals surface area (Å²) in [5.41, 5.74) is -0.672. The third-order valence-electron chi connectivity index (χ3n) is 3.07. The Bertz CT molecular complexity index is 155. The minimum Gasteiger partial charge on any atom is -0.392 e. The molecule has 0 aromatic heterocycles. The van der Waals surface area contributed by atoms with Gasteiger partial charge in [-0.25, -0.2) is 0 Å². The second kappa shape index (κ2) is 4.40. The van der Waals surface area contributed by atoms with Crippen molar-refractivity contribution in [1.29, 1.82) is 0 Å². The van der Waals surface area contributed by atoms with E-state index in [-0.39, 0.29) is 0 Å². The summed E-state index contributed by atoms with van der Waals surface area (Å²) in [6.07, 6.45) is 3.50. The van der Waals surface area contributed by atoms with Crippen LogP contribution in [0.25, 0.3) is 0 Å². The number of rotatable bonds is 5. The highest BCUT2D eigenvalue weighted by molar-refractivity contribution is 4.89. The van der Waals surface area contributed by atoms with E-state index in [4.69, 9.17) is 0 Å². The lowest BCUT2D eigenvalue weighted by molar-refractivity contribution is -0.0663. The lowest BCUT2D eigenvalue weighted by atomic mass is 9.71. The van der Waals surface area contributed by atoms with Crippen LogP contribution < -0.4 is 5.32 Å². The molecule has 0 aromatic rings. The molecule has 0 aromatic carbocycles. The molecule has 3 nitrogen and oxygen atoms in total. The Labute approximate surface area is 80.2 Å². The number of aliphatic hydroxyl groups excluding tert-OH is 1. The Balaban J connectivity index is 2.31. The Morgan fingerprint density at radius 2 is 2.15 bits per heavy atom. The van der Waals surface area contributed by atoms with Gasteiger partial charge in [0.2, 0.25) is 0 Å². The van der Waals surface area contributed by atoms with Crippen LogP contribution in [0.4, 0.5) is 0 Å². The first-order valence-corrected chi connectivity index (χ1v) is 5.11. The quantitative estimate of drug-likeness (QED) is 0.588. The fourth-order valence-electron chi connectivity index (χ4n) is 1.98. The van der Waals surface area contributed by atoms with Gasteiger partial charge in [-0.3, -0.25) is 0 Å². The molecule has 78 valence electrons. The fourth-order valence-corrected chi connectivity index (χ4v) is 1.98. The molecule has 3 N–H and O–H groups in total. The third kappa shape index (κ3) is 2.93. The molecule has 3 heteroatoms. The van der Waals surface area contributed by atoms with Gasteiger partial charge in [-0.15, -0.1) is 0 Å². The van der Waals surface area contributed by atoms with Crippen LogP contribution in [-0.2, 0) is 0 Å². The molecular formula is C10H21NO2. The molecular weight excluding hydrogens is 166 g/mol. The van der Waals surface area contributed by atoms with Crippen LogP contribution in [0, 0.1) is 5.92 Å². The summed E-state index contributed by atoms with van der Waals surface area (Å²) in [4.78, 5) is 0. The molecule has 0 unspecified atom stereocenters. The topological polar surface area (TPSA) is 52.5 Å². The summed E-state index contributed by atoms with van der Waals surface area (Å²) in [6.45, 7) is 2.40. The van der Waals surface area contributed by atoms with Crippen LogP contribution in [-0.4, -0.2) is 35.5 Å². The highest BCUT2D eigenvalue weighted by atomic mass is 16.3. The average molecular weight is 187 g/mol. The zero-order chi connectivity index (χ0) is 9.90. The average Bonchev–Trinajstić information content (AvgIpc) is 1.79. The summed E-state index contributed by atoms with van der Waals surface area (Å²) in [7, 11) is 1.81. The van der Waals surface area contributed by atoms with E-state index >= 15 is 0 Å². The van der Waals surface area contributed by atoms with Gasteiger partial charge in [0, 0.05) is 13.0 Å². The molecule has 0 heterocycles. The summed E-state index contributed by atoms with van der Waals surface area (Å²) in [6, 6.07) is 0. The van der Waals surface area contributed by atoms with E-state index in [1.165, 1.54) is 6.42 Å². The highest BCUT2D eigenvalue weighted by Gasteiger charge is 2.37. The fraction of sp³-hybridized carbons (Fsp3) is 1.00. The minimum absolute atomic E-state index is 0.402. The molecule has 0 aliphatic heterocycles. The number of likely N-dealkylation sites (N-methyl/N-ethyl adjacent to an activating group) is 1. The van der Waals surface area contributed by atoms with Gasteiger partial charge in [-0.1, -0.05) is 6.42 Å². The van der Waals surface area contributed by atoms with E-state index in [2.05, 4.69) is 5.32 Å². The molecule has 1 rings (SSSR count). The largest absolute Gasteiger partial charge is 0.392 e. The van der Waals surface area contributed by atoms with Crippen molar-refractivity contribution in [1.82, 2.24) is 5.32 Å². The van der Waals surface area contributed by atoms with Gasteiger partial charge in [-0.05, 0) is 32.7 Å². The zero-order valence-electron chi connectivity index (χ0n) is 8.58. The molecule has 1 fully saturated rings. The Kier molecular flexibility index (Phi) is 3.71. The maximum Gasteiger partial charge on any atom is 0.0691 e. The number of nitrogens with one attached hydrogen (secondary N) is 1. The first kappa shape index (κ1) is 11.0. The van der Waals surface area contributed by atoms with Crippen LogP contribution in [0.2, 0.25) is 0 Å². The van der Waals surface area contributed by atoms with E-state index in [9.17, 15) is 10.2 Å². The van der Waals surface area contributed by atoms with Crippen LogP contribution in [0.1, 0.15) is 32.6 Å². The van der Waals surface area contributed by atoms with Gasteiger partial charge >= 0.3 is 0 Å². The first-order chi connectivity index (χ1) is 6.06. The van der Waals surface area contributed by atoms with Gasteiger partial charge in [0.25, 0.3) is 0 Å². The van der Waals surface area contributed by atoms with E-state index in [0.29, 0.717) is 18.9 Å². The van der Waals surface area contributed by atoms with Crippen molar-refractivity contribution in [3.63, 3.8) is 0 Å². The van der Waals surface area contributed by atoms with E-state index < -0.39 is 11.7 Å². The maximum atomic E-state index is 10.0. The Morgan fingerprint density at radius 3 is 2.54 bits per heavy atom. The smallest absolute Gasteiger partial charge is 0.0691 e. The van der Waals surface area contributed by atoms with Crippen molar-refractivity contribution in [2.24, 2.45) is 5.92 Å². The lowest BCUT2D eigenvalue weighted by Gasteiger charge is -2.40. The molecule has 1 aliphatic carbocycles. The van der Waals surface area contributed by atoms with Crippen molar-refractivity contribution in [2.45, 2.75) is 44.3 Å². The monoisotopic (exact) mass is 187 g/mol. The Morgan fingerprint density at radius 1 is 1.54 bits per heavy atom. The van der Waals surface area contributed by atoms with Crippen molar-refractivity contribution in [2.75, 3.05) is 13.6 Å². The number of hydrogen-bond acceptors (Lipinski definition) is 3. The minimum atomic E-state index is -0.672. The maximum absolute atomic E-state index is 10.0. The van der Waals surface area contributed by atoms with Gasteiger partial charge < -0.3 is 15.5 Å². The second-order valence-corrected chi connectivity index (χ2v) is 4.40. The SMILES string of the molecule is CNC[C@H](O)C[C@@](C)(O)C1CCC1. The van der Waals surface area contributed by atoms with E-state index in [1.807, 2.05) is 6.92 Å². The van der Waals surface area contributed by atoms with Crippen molar-refractivity contribution < 1.29 is 10.2 Å². The summed E-state index contributed by atoms with van der Waals surface area (Å²) in [5, 5.41) is 22.5. The third-order valence-corrected chi connectivity index (χ3v) is 3.07. The molecule has 13 heavy (non-hydrogen) atoms. The normalized spacial score (nSPS) is 24.9. The zero-order valence-corrected chi connectivity index (χ0v) is 8.58. The van der Waals surface area contributed by atoms with E-state index in [1.54, 1.807) is 7.05 Å². The van der Waals surface area contributed by atoms with Gasteiger partial charge in [0.1, 0.15) is 0 Å². The van der Waals surface area contributed by atoms with Gasteiger partial charge in [0.15, 0.2) is 0 Å². The first-order valence-electron chi connectivity index (χ1n) is 5.11. The molecule has 0 saturated heterocycles. The van der Waals surface area contributed by atoms with Crippen LogP contribution in [0.15, 0.2) is 0 Å². The number of hydrogen-bond donors (Lipinski definition) is 3.